The van der Waals surface area contributed by atoms with Crippen LogP contribution in [-0.4, -0.2) is 64.9 Å². The molecule has 1 fully saturated rings. The fourth-order valence-electron chi connectivity index (χ4n) is 4.32. The zero-order chi connectivity index (χ0) is 20.1. The van der Waals surface area contributed by atoms with Crippen LogP contribution in [0.3, 0.4) is 0 Å². The van der Waals surface area contributed by atoms with E-state index in [0.717, 1.165) is 49.5 Å². The van der Waals surface area contributed by atoms with Gasteiger partial charge < -0.3 is 15.5 Å². The number of rotatable bonds is 6. The molecule has 7 nitrogen and oxygen atoms in total. The number of aromatic nitrogens is 3. The van der Waals surface area contributed by atoms with Crippen LogP contribution in [0, 0.1) is 11.8 Å². The van der Waals surface area contributed by atoms with Crippen molar-refractivity contribution in [3.8, 4) is 0 Å². The predicted octanol–water partition coefficient (Wildman–Crippen LogP) is 2.87. The largest absolute Gasteiger partial charge is 0.356 e. The van der Waals surface area contributed by atoms with E-state index >= 15 is 0 Å². The van der Waals surface area contributed by atoms with Crippen molar-refractivity contribution in [2.75, 3.05) is 33.2 Å². The second-order valence-corrected chi connectivity index (χ2v) is 9.22. The minimum Gasteiger partial charge on any atom is -0.356 e. The second kappa shape index (κ2) is 11.5. The van der Waals surface area contributed by atoms with Gasteiger partial charge in [-0.2, -0.15) is 5.10 Å². The maximum atomic E-state index is 4.68. The van der Waals surface area contributed by atoms with Crippen molar-refractivity contribution in [1.82, 2.24) is 30.3 Å². The zero-order valence-corrected chi connectivity index (χ0v) is 21.1. The Hall–Kier alpha value is -0.900. The van der Waals surface area contributed by atoms with E-state index in [2.05, 4.69) is 63.0 Å². The highest BCUT2D eigenvalue weighted by Crippen LogP contribution is 2.18. The molecule has 0 bridgehead atoms. The zero-order valence-electron chi connectivity index (χ0n) is 18.8. The highest BCUT2D eigenvalue weighted by Gasteiger charge is 2.24. The van der Waals surface area contributed by atoms with E-state index in [1.54, 1.807) is 0 Å². The Bertz CT molecular complexity index is 655. The summed E-state index contributed by atoms with van der Waals surface area (Å²) in [5, 5.41) is 11.9. The summed E-state index contributed by atoms with van der Waals surface area (Å²) >= 11 is 0. The van der Waals surface area contributed by atoms with E-state index in [9.17, 15) is 0 Å². The monoisotopic (exact) mass is 517 g/mol. The summed E-state index contributed by atoms with van der Waals surface area (Å²) in [4.78, 5) is 11.8. The van der Waals surface area contributed by atoms with Crippen LogP contribution in [0.25, 0.3) is 0 Å². The van der Waals surface area contributed by atoms with E-state index in [-0.39, 0.29) is 24.0 Å². The quantitative estimate of drug-likeness (QED) is 0.345. The lowest BCUT2D eigenvalue weighted by atomic mass is 9.97. The normalized spacial score (nSPS) is 23.1. The Kier molecular flexibility index (Phi) is 9.65. The molecule has 2 aliphatic heterocycles. The smallest absolute Gasteiger partial charge is 0.191 e. The topological polar surface area (TPSA) is 70.4 Å². The number of aryl methyl sites for hydroxylation is 1. The molecule has 2 aliphatic rings. The third kappa shape index (κ3) is 7.08. The Labute approximate surface area is 193 Å². The molecule has 8 heteroatoms. The highest BCUT2D eigenvalue weighted by atomic mass is 127. The number of halogens is 1. The van der Waals surface area contributed by atoms with Gasteiger partial charge in [-0.3, -0.25) is 4.99 Å². The Morgan fingerprint density at radius 3 is 2.69 bits per heavy atom. The molecule has 1 aromatic rings. The van der Waals surface area contributed by atoms with Crippen LogP contribution < -0.4 is 10.6 Å². The number of piperidine rings is 1. The van der Waals surface area contributed by atoms with Crippen LogP contribution in [0.5, 0.6) is 0 Å². The van der Waals surface area contributed by atoms with Crippen molar-refractivity contribution in [2.45, 2.75) is 71.9 Å². The Morgan fingerprint density at radius 2 is 2.00 bits per heavy atom. The highest BCUT2D eigenvalue weighted by molar-refractivity contribution is 14.0. The van der Waals surface area contributed by atoms with Gasteiger partial charge in [-0.05, 0) is 37.6 Å². The minimum atomic E-state index is 0. The third-order valence-corrected chi connectivity index (χ3v) is 5.74. The molecule has 2 atom stereocenters. The maximum absolute atomic E-state index is 4.68. The van der Waals surface area contributed by atoms with Crippen molar-refractivity contribution in [3.05, 3.63) is 11.6 Å². The number of nitrogens with zero attached hydrogens (tertiary/aromatic N) is 5. The standard InChI is InChI=1S/C21H39N7.HI/c1-15(2)12-27-10-6-7-17(13-27)11-23-21(22-5)24-18-8-9-19-25-20(16(3)4)26-28(19)14-18;/h15-18H,6-14H2,1-5H3,(H2,22,23,24);1H. The maximum Gasteiger partial charge on any atom is 0.191 e. The Balaban J connectivity index is 0.00000300. The summed E-state index contributed by atoms with van der Waals surface area (Å²) in [5.41, 5.74) is 0. The van der Waals surface area contributed by atoms with Crippen LogP contribution in [-0.2, 0) is 13.0 Å². The predicted molar refractivity (Wildman–Crippen MR) is 130 cm³/mol. The van der Waals surface area contributed by atoms with Crippen molar-refractivity contribution in [3.63, 3.8) is 0 Å². The fraction of sp³-hybridized carbons (Fsp3) is 0.857. The van der Waals surface area contributed by atoms with E-state index < -0.39 is 0 Å². The van der Waals surface area contributed by atoms with Crippen molar-refractivity contribution in [2.24, 2.45) is 16.8 Å². The first-order valence-corrected chi connectivity index (χ1v) is 11.1. The van der Waals surface area contributed by atoms with E-state index in [4.69, 9.17) is 0 Å². The fourth-order valence-corrected chi connectivity index (χ4v) is 4.32. The lowest BCUT2D eigenvalue weighted by Gasteiger charge is -2.34. The molecular weight excluding hydrogens is 477 g/mol. The number of fused-ring (bicyclic) bond motifs is 1. The van der Waals surface area contributed by atoms with Gasteiger partial charge in [-0.15, -0.1) is 24.0 Å². The summed E-state index contributed by atoms with van der Waals surface area (Å²) in [6.07, 6.45) is 4.66. The number of likely N-dealkylation sites (tertiary alicyclic amines) is 1. The van der Waals surface area contributed by atoms with Gasteiger partial charge in [0.15, 0.2) is 11.8 Å². The van der Waals surface area contributed by atoms with E-state index in [1.807, 2.05) is 7.05 Å². The number of nitrogens with one attached hydrogen (secondary N) is 2. The van der Waals surface area contributed by atoms with Gasteiger partial charge in [0, 0.05) is 45.1 Å². The van der Waals surface area contributed by atoms with Gasteiger partial charge >= 0.3 is 0 Å². The van der Waals surface area contributed by atoms with Crippen molar-refractivity contribution >= 4 is 29.9 Å². The van der Waals surface area contributed by atoms with Crippen LogP contribution in [0.4, 0.5) is 0 Å². The Morgan fingerprint density at radius 1 is 1.21 bits per heavy atom. The molecule has 29 heavy (non-hydrogen) atoms. The number of aliphatic imine (C=N–C) groups is 1. The molecule has 0 amide bonds. The first kappa shape index (κ1) is 24.4. The van der Waals surface area contributed by atoms with Crippen molar-refractivity contribution in [1.29, 1.82) is 0 Å². The van der Waals surface area contributed by atoms with Crippen molar-refractivity contribution < 1.29 is 0 Å². The first-order chi connectivity index (χ1) is 13.4. The molecule has 0 radical (unpaired) electrons. The number of hydrogen-bond donors (Lipinski definition) is 2. The van der Waals surface area contributed by atoms with Gasteiger partial charge in [0.25, 0.3) is 0 Å². The summed E-state index contributed by atoms with van der Waals surface area (Å²) in [7, 11) is 1.86. The molecule has 0 aromatic carbocycles. The SMILES string of the molecule is CN=C(NCC1CCCN(CC(C)C)C1)NC1CCc2nc(C(C)C)nn2C1.I. The minimum absolute atomic E-state index is 0. The average molecular weight is 518 g/mol. The lowest BCUT2D eigenvalue weighted by molar-refractivity contribution is 0.159. The summed E-state index contributed by atoms with van der Waals surface area (Å²) in [6.45, 7) is 14.4. The van der Waals surface area contributed by atoms with Crippen LogP contribution in [0.2, 0.25) is 0 Å². The van der Waals surface area contributed by atoms with Gasteiger partial charge in [-0.25, -0.2) is 9.67 Å². The van der Waals surface area contributed by atoms with Gasteiger partial charge in [0.05, 0.1) is 6.54 Å². The molecule has 2 N–H and O–H groups in total. The second-order valence-electron chi connectivity index (χ2n) is 9.22. The molecule has 1 aromatic heterocycles. The summed E-state index contributed by atoms with van der Waals surface area (Å²) in [5.74, 6) is 4.82. The molecule has 0 aliphatic carbocycles. The molecular formula is C21H40IN7. The molecule has 166 valence electrons. The molecule has 0 spiro atoms. The molecule has 3 heterocycles. The molecule has 1 saturated heterocycles. The van der Waals surface area contributed by atoms with Gasteiger partial charge in [-0.1, -0.05) is 27.7 Å². The molecule has 3 rings (SSSR count). The van der Waals surface area contributed by atoms with Crippen LogP contribution in [0.15, 0.2) is 4.99 Å². The lowest BCUT2D eigenvalue weighted by Crippen LogP contribution is -2.49. The van der Waals surface area contributed by atoms with Gasteiger partial charge in [0.2, 0.25) is 0 Å². The van der Waals surface area contributed by atoms with Gasteiger partial charge in [0.1, 0.15) is 5.82 Å². The summed E-state index contributed by atoms with van der Waals surface area (Å²) < 4.78 is 2.08. The third-order valence-electron chi connectivity index (χ3n) is 5.74. The molecule has 2 unspecified atom stereocenters. The first-order valence-electron chi connectivity index (χ1n) is 11.1. The summed E-state index contributed by atoms with van der Waals surface area (Å²) in [6, 6.07) is 0.351. The van der Waals surface area contributed by atoms with Crippen LogP contribution in [0.1, 0.15) is 64.5 Å². The number of hydrogen-bond acceptors (Lipinski definition) is 4. The molecule has 0 saturated carbocycles. The van der Waals surface area contributed by atoms with E-state index in [1.165, 1.54) is 32.5 Å². The van der Waals surface area contributed by atoms with E-state index in [0.29, 0.717) is 17.9 Å². The van der Waals surface area contributed by atoms with Crippen LogP contribution >= 0.6 is 24.0 Å². The average Bonchev–Trinajstić information content (AvgIpc) is 3.08. The number of guanidine groups is 1.